The van der Waals surface area contributed by atoms with Crippen LogP contribution in [0.5, 0.6) is 0 Å². The molecule has 0 spiro atoms. The van der Waals surface area contributed by atoms with Crippen LogP contribution in [0.15, 0.2) is 30.6 Å². The van der Waals surface area contributed by atoms with E-state index in [4.69, 9.17) is 19.4 Å². The number of likely N-dealkylation sites (tertiary alicyclic amines) is 1. The van der Waals surface area contributed by atoms with Crippen LogP contribution in [-0.4, -0.2) is 75.8 Å². The molecule has 2 atom stereocenters. The molecule has 2 aliphatic rings. The highest BCUT2D eigenvalue weighted by atomic mass is 32.1. The SMILES string of the molecule is COC(=O)c1cc2ccc(-c3nc(N4CC5CN(C(=O)OC(C)(C)C)CC5C4)nc4nc[nH]c34)cc2s1. The summed E-state index contributed by atoms with van der Waals surface area (Å²) in [5, 5.41) is 0.978. The van der Waals surface area contributed by atoms with Crippen LogP contribution in [0, 0.1) is 11.8 Å². The van der Waals surface area contributed by atoms with Crippen molar-refractivity contribution in [2.75, 3.05) is 38.2 Å². The number of thiophene rings is 1. The van der Waals surface area contributed by atoms with E-state index < -0.39 is 5.60 Å². The fourth-order valence-electron chi connectivity index (χ4n) is 5.18. The Morgan fingerprint density at radius 3 is 2.54 bits per heavy atom. The fourth-order valence-corrected chi connectivity index (χ4v) is 6.20. The van der Waals surface area contributed by atoms with Crippen LogP contribution in [0.4, 0.5) is 10.7 Å². The van der Waals surface area contributed by atoms with Gasteiger partial charge in [-0.15, -0.1) is 11.3 Å². The van der Waals surface area contributed by atoms with Gasteiger partial charge in [-0.2, -0.15) is 4.98 Å². The summed E-state index contributed by atoms with van der Waals surface area (Å²) in [4.78, 5) is 46.4. The van der Waals surface area contributed by atoms with Gasteiger partial charge in [-0.05, 0) is 38.3 Å². The Labute approximate surface area is 217 Å². The smallest absolute Gasteiger partial charge is 0.410 e. The molecule has 6 rings (SSSR count). The van der Waals surface area contributed by atoms with Crippen LogP contribution in [-0.2, 0) is 9.47 Å². The van der Waals surface area contributed by atoms with E-state index in [1.807, 2.05) is 49.9 Å². The highest BCUT2D eigenvalue weighted by Gasteiger charge is 2.43. The van der Waals surface area contributed by atoms with Crippen LogP contribution < -0.4 is 4.90 Å². The van der Waals surface area contributed by atoms with Gasteiger partial charge in [0.1, 0.15) is 21.7 Å². The van der Waals surface area contributed by atoms with Crippen molar-refractivity contribution in [3.63, 3.8) is 0 Å². The molecular formula is C26H28N6O4S. The van der Waals surface area contributed by atoms with Crippen LogP contribution in [0.1, 0.15) is 30.4 Å². The van der Waals surface area contributed by atoms with E-state index in [9.17, 15) is 9.59 Å². The molecule has 4 aromatic rings. The van der Waals surface area contributed by atoms with E-state index in [1.165, 1.54) is 18.4 Å². The molecule has 2 unspecified atom stereocenters. The molecule has 1 aromatic carbocycles. The quantitative estimate of drug-likeness (QED) is 0.397. The summed E-state index contributed by atoms with van der Waals surface area (Å²) in [6.07, 6.45) is 1.38. The van der Waals surface area contributed by atoms with Gasteiger partial charge in [-0.25, -0.2) is 19.6 Å². The first-order valence-electron chi connectivity index (χ1n) is 12.2. The van der Waals surface area contributed by atoms with Crippen molar-refractivity contribution in [2.24, 2.45) is 11.8 Å². The summed E-state index contributed by atoms with van der Waals surface area (Å²) in [7, 11) is 1.39. The lowest BCUT2D eigenvalue weighted by Gasteiger charge is -2.26. The summed E-state index contributed by atoms with van der Waals surface area (Å²) in [5.74, 6) is 0.976. The van der Waals surface area contributed by atoms with E-state index in [2.05, 4.69) is 14.9 Å². The molecule has 0 saturated carbocycles. The number of aromatic amines is 1. The molecule has 0 aliphatic carbocycles. The van der Waals surface area contributed by atoms with Crippen molar-refractivity contribution in [1.82, 2.24) is 24.8 Å². The second kappa shape index (κ2) is 8.69. The van der Waals surface area contributed by atoms with Crippen molar-refractivity contribution in [3.8, 4) is 11.3 Å². The maximum absolute atomic E-state index is 12.5. The minimum Gasteiger partial charge on any atom is -0.465 e. The molecule has 192 valence electrons. The number of hydrogen-bond donors (Lipinski definition) is 1. The predicted octanol–water partition coefficient (Wildman–Crippen LogP) is 4.32. The molecule has 2 saturated heterocycles. The number of amides is 1. The minimum absolute atomic E-state index is 0.246. The molecule has 10 nitrogen and oxygen atoms in total. The van der Waals surface area contributed by atoms with E-state index in [0.29, 0.717) is 41.4 Å². The molecule has 1 amide bonds. The predicted molar refractivity (Wildman–Crippen MR) is 141 cm³/mol. The fraction of sp³-hybridized carbons (Fsp3) is 0.423. The van der Waals surface area contributed by atoms with Crippen molar-refractivity contribution >= 4 is 50.6 Å². The van der Waals surface area contributed by atoms with Gasteiger partial charge in [-0.3, -0.25) is 0 Å². The van der Waals surface area contributed by atoms with Gasteiger partial charge in [0, 0.05) is 48.3 Å². The van der Waals surface area contributed by atoms with Crippen LogP contribution in [0.2, 0.25) is 0 Å². The lowest BCUT2D eigenvalue weighted by atomic mass is 10.0. The maximum Gasteiger partial charge on any atom is 0.410 e. The first kappa shape index (κ1) is 23.7. The van der Waals surface area contributed by atoms with Crippen molar-refractivity contribution in [2.45, 2.75) is 26.4 Å². The summed E-state index contributed by atoms with van der Waals surface area (Å²) >= 11 is 1.40. The molecule has 2 aliphatic heterocycles. The van der Waals surface area contributed by atoms with Crippen molar-refractivity contribution < 1.29 is 19.1 Å². The van der Waals surface area contributed by atoms with Crippen LogP contribution >= 0.6 is 11.3 Å². The van der Waals surface area contributed by atoms with E-state index >= 15 is 0 Å². The zero-order valence-electron chi connectivity index (χ0n) is 21.1. The van der Waals surface area contributed by atoms with Gasteiger partial charge in [0.15, 0.2) is 5.65 Å². The zero-order chi connectivity index (χ0) is 25.9. The molecule has 0 radical (unpaired) electrons. The molecule has 5 heterocycles. The standard InChI is InChI=1S/C26H28N6O4S/c1-26(2,3)36-25(34)32-11-16-9-31(10-17(16)12-32)24-29-20(21-22(30-24)28-13-27-21)15-6-5-14-7-19(23(33)35-4)37-18(14)8-15/h5-8,13,16-17H,9-12H2,1-4H3,(H,27,28,29,30). The number of carbonyl (C=O) groups excluding carboxylic acids is 2. The molecule has 37 heavy (non-hydrogen) atoms. The molecule has 1 N–H and O–H groups in total. The third-order valence-electron chi connectivity index (χ3n) is 6.87. The first-order chi connectivity index (χ1) is 17.7. The number of fused-ring (bicyclic) bond motifs is 3. The number of rotatable bonds is 3. The number of benzene rings is 1. The Morgan fingerprint density at radius 1 is 1.08 bits per heavy atom. The number of ether oxygens (including phenoxy) is 2. The summed E-state index contributed by atoms with van der Waals surface area (Å²) in [5.41, 5.74) is 2.55. The van der Waals surface area contributed by atoms with Crippen LogP contribution in [0.3, 0.4) is 0 Å². The van der Waals surface area contributed by atoms with Crippen molar-refractivity contribution in [3.05, 3.63) is 35.5 Å². The summed E-state index contributed by atoms with van der Waals surface area (Å²) in [6, 6.07) is 7.87. The highest BCUT2D eigenvalue weighted by molar-refractivity contribution is 7.20. The Bertz CT molecular complexity index is 1510. The Hall–Kier alpha value is -3.73. The van der Waals surface area contributed by atoms with E-state index in [0.717, 1.165) is 39.9 Å². The monoisotopic (exact) mass is 520 g/mol. The molecule has 3 aromatic heterocycles. The number of imidazole rings is 1. The molecule has 2 fully saturated rings. The first-order valence-corrected chi connectivity index (χ1v) is 13.1. The maximum atomic E-state index is 12.5. The van der Waals surface area contributed by atoms with Crippen LogP contribution in [0.25, 0.3) is 32.5 Å². The third kappa shape index (κ3) is 4.37. The second-order valence-corrected chi connectivity index (χ2v) is 11.7. The Morgan fingerprint density at radius 2 is 1.84 bits per heavy atom. The lowest BCUT2D eigenvalue weighted by Crippen LogP contribution is -2.37. The number of carbonyl (C=O) groups is 2. The van der Waals surface area contributed by atoms with E-state index in [1.54, 1.807) is 6.33 Å². The summed E-state index contributed by atoms with van der Waals surface area (Å²) in [6.45, 7) is 8.54. The Balaban J connectivity index is 1.27. The van der Waals surface area contributed by atoms with Gasteiger partial charge < -0.3 is 24.3 Å². The third-order valence-corrected chi connectivity index (χ3v) is 7.95. The number of nitrogens with one attached hydrogen (secondary N) is 1. The number of anilines is 1. The number of nitrogens with zero attached hydrogens (tertiary/aromatic N) is 5. The number of aromatic nitrogens is 4. The lowest BCUT2D eigenvalue weighted by molar-refractivity contribution is 0.0282. The molecular weight excluding hydrogens is 492 g/mol. The molecule has 11 heteroatoms. The summed E-state index contributed by atoms with van der Waals surface area (Å²) < 4.78 is 11.4. The van der Waals surface area contributed by atoms with Gasteiger partial charge in [0.05, 0.1) is 13.4 Å². The van der Waals surface area contributed by atoms with Crippen molar-refractivity contribution in [1.29, 1.82) is 0 Å². The van der Waals surface area contributed by atoms with Gasteiger partial charge in [0.2, 0.25) is 5.95 Å². The Kier molecular flexibility index (Phi) is 5.55. The zero-order valence-corrected chi connectivity index (χ0v) is 22.0. The topological polar surface area (TPSA) is 114 Å². The van der Waals surface area contributed by atoms with E-state index in [-0.39, 0.29) is 12.1 Å². The largest absolute Gasteiger partial charge is 0.465 e. The molecule has 0 bridgehead atoms. The highest BCUT2D eigenvalue weighted by Crippen LogP contribution is 2.36. The second-order valence-electron chi connectivity index (χ2n) is 10.6. The average Bonchev–Trinajstić information content (AvgIpc) is 3.63. The number of hydrogen-bond acceptors (Lipinski definition) is 9. The van der Waals surface area contributed by atoms with Gasteiger partial charge in [-0.1, -0.05) is 12.1 Å². The van der Waals surface area contributed by atoms with Gasteiger partial charge >= 0.3 is 12.1 Å². The number of esters is 1. The number of H-pyrrole nitrogens is 1. The average molecular weight is 521 g/mol. The number of methoxy groups -OCH3 is 1. The van der Waals surface area contributed by atoms with Gasteiger partial charge in [0.25, 0.3) is 0 Å². The minimum atomic E-state index is -0.503. The normalized spacial score (nSPS) is 19.6.